The molecule has 0 radical (unpaired) electrons. The fourth-order valence-corrected chi connectivity index (χ4v) is 1.13. The van der Waals surface area contributed by atoms with Crippen LogP contribution in [0.15, 0.2) is 0 Å². The maximum atomic E-state index is 11.3. The lowest BCUT2D eigenvalue weighted by molar-refractivity contribution is -0.152. The Bertz CT molecular complexity index is 259. The summed E-state index contributed by atoms with van der Waals surface area (Å²) in [5, 5.41) is 8.66. The summed E-state index contributed by atoms with van der Waals surface area (Å²) in [4.78, 5) is 33.0. The van der Waals surface area contributed by atoms with Crippen molar-refractivity contribution in [2.75, 3.05) is 6.61 Å². The first-order chi connectivity index (χ1) is 6.90. The van der Waals surface area contributed by atoms with Crippen molar-refractivity contribution in [2.45, 2.75) is 27.2 Å². The van der Waals surface area contributed by atoms with Crippen LogP contribution in [0.3, 0.4) is 0 Å². The van der Waals surface area contributed by atoms with E-state index in [0.717, 1.165) is 0 Å². The number of rotatable bonds is 6. The molecule has 0 aromatic rings. The number of esters is 1. The summed E-state index contributed by atoms with van der Waals surface area (Å²) in [6.07, 6.45) is -0.0104. The van der Waals surface area contributed by atoms with Gasteiger partial charge in [0.05, 0.1) is 12.5 Å². The molecule has 0 amide bonds. The van der Waals surface area contributed by atoms with Crippen molar-refractivity contribution in [1.29, 1.82) is 0 Å². The third-order valence-corrected chi connectivity index (χ3v) is 2.07. The first kappa shape index (κ1) is 13.6. The van der Waals surface area contributed by atoms with Crippen molar-refractivity contribution in [3.05, 3.63) is 0 Å². The zero-order valence-corrected chi connectivity index (χ0v) is 9.15. The minimum absolute atomic E-state index is 0.0104. The molecule has 0 spiro atoms. The van der Waals surface area contributed by atoms with Crippen LogP contribution < -0.4 is 0 Å². The van der Waals surface area contributed by atoms with E-state index in [0.29, 0.717) is 0 Å². The SMILES string of the molecule is CCOC(=O)C(CC(C)C(=O)O)C(C)=O. The van der Waals surface area contributed by atoms with Crippen LogP contribution in [0.2, 0.25) is 0 Å². The number of Topliss-reactive ketones (excluding diaryl/α,β-unsaturated/α-hetero) is 1. The van der Waals surface area contributed by atoms with Gasteiger partial charge in [-0.15, -0.1) is 0 Å². The molecule has 0 aliphatic heterocycles. The van der Waals surface area contributed by atoms with Crippen LogP contribution in [0, 0.1) is 11.8 Å². The molecular weight excluding hydrogens is 200 g/mol. The van der Waals surface area contributed by atoms with Crippen molar-refractivity contribution < 1.29 is 24.2 Å². The highest BCUT2D eigenvalue weighted by atomic mass is 16.5. The van der Waals surface area contributed by atoms with E-state index in [-0.39, 0.29) is 18.8 Å². The second kappa shape index (κ2) is 6.16. The highest BCUT2D eigenvalue weighted by Gasteiger charge is 2.28. The zero-order chi connectivity index (χ0) is 12.0. The lowest BCUT2D eigenvalue weighted by Gasteiger charge is -2.14. The van der Waals surface area contributed by atoms with E-state index in [1.54, 1.807) is 6.92 Å². The standard InChI is InChI=1S/C10H16O5/c1-4-15-10(14)8(7(3)11)5-6(2)9(12)13/h6,8H,4-5H2,1-3H3,(H,12,13). The van der Waals surface area contributed by atoms with Crippen LogP contribution in [0.25, 0.3) is 0 Å². The van der Waals surface area contributed by atoms with E-state index >= 15 is 0 Å². The quantitative estimate of drug-likeness (QED) is 0.526. The molecule has 0 rings (SSSR count). The molecule has 2 unspecified atom stereocenters. The number of hydrogen-bond acceptors (Lipinski definition) is 4. The van der Waals surface area contributed by atoms with Crippen molar-refractivity contribution >= 4 is 17.7 Å². The molecule has 15 heavy (non-hydrogen) atoms. The predicted molar refractivity (Wildman–Crippen MR) is 52.2 cm³/mol. The third kappa shape index (κ3) is 4.58. The fourth-order valence-electron chi connectivity index (χ4n) is 1.13. The third-order valence-electron chi connectivity index (χ3n) is 2.07. The summed E-state index contributed by atoms with van der Waals surface area (Å²) in [6.45, 7) is 4.54. The first-order valence-corrected chi connectivity index (χ1v) is 4.80. The second-order valence-electron chi connectivity index (χ2n) is 3.39. The molecule has 0 saturated carbocycles. The molecule has 5 nitrogen and oxygen atoms in total. The van der Waals surface area contributed by atoms with Crippen molar-refractivity contribution in [3.63, 3.8) is 0 Å². The molecule has 0 aliphatic rings. The molecule has 1 N–H and O–H groups in total. The minimum Gasteiger partial charge on any atom is -0.481 e. The number of ketones is 1. The van der Waals surface area contributed by atoms with E-state index in [2.05, 4.69) is 0 Å². The lowest BCUT2D eigenvalue weighted by Crippen LogP contribution is -2.28. The molecule has 2 atom stereocenters. The molecule has 5 heteroatoms. The van der Waals surface area contributed by atoms with E-state index < -0.39 is 23.8 Å². The Morgan fingerprint density at radius 1 is 1.33 bits per heavy atom. The zero-order valence-electron chi connectivity index (χ0n) is 9.15. The van der Waals surface area contributed by atoms with Gasteiger partial charge in [-0.2, -0.15) is 0 Å². The van der Waals surface area contributed by atoms with E-state index in [1.165, 1.54) is 13.8 Å². The predicted octanol–water partition coefficient (Wildman–Crippen LogP) is 0.865. The lowest BCUT2D eigenvalue weighted by atomic mass is 9.93. The summed E-state index contributed by atoms with van der Waals surface area (Å²) in [6, 6.07) is 0. The van der Waals surface area contributed by atoms with Gasteiger partial charge in [0, 0.05) is 0 Å². The van der Waals surface area contributed by atoms with Gasteiger partial charge in [-0.25, -0.2) is 0 Å². The summed E-state index contributed by atoms with van der Waals surface area (Å²) >= 11 is 0. The summed E-state index contributed by atoms with van der Waals surface area (Å²) < 4.78 is 4.69. The largest absolute Gasteiger partial charge is 0.481 e. The Morgan fingerprint density at radius 2 is 1.87 bits per heavy atom. The smallest absolute Gasteiger partial charge is 0.316 e. The van der Waals surface area contributed by atoms with Gasteiger partial charge in [0.2, 0.25) is 0 Å². The maximum Gasteiger partial charge on any atom is 0.316 e. The van der Waals surface area contributed by atoms with Gasteiger partial charge >= 0.3 is 11.9 Å². The van der Waals surface area contributed by atoms with Crippen LogP contribution >= 0.6 is 0 Å². The normalized spacial score (nSPS) is 14.1. The Kier molecular flexibility index (Phi) is 5.59. The molecule has 0 fully saturated rings. The molecule has 0 aliphatic carbocycles. The van der Waals surface area contributed by atoms with Crippen LogP contribution in [-0.4, -0.2) is 29.4 Å². The Hall–Kier alpha value is -1.39. The maximum absolute atomic E-state index is 11.3. The van der Waals surface area contributed by atoms with Crippen LogP contribution in [0.5, 0.6) is 0 Å². The molecule has 86 valence electrons. The molecule has 0 saturated heterocycles. The highest BCUT2D eigenvalue weighted by molar-refractivity contribution is 5.98. The number of aliphatic carboxylic acids is 1. The van der Waals surface area contributed by atoms with Gasteiger partial charge in [-0.05, 0) is 20.3 Å². The minimum atomic E-state index is -1.02. The number of carbonyl (C=O) groups is 3. The number of carboxylic acid groups (broad SMARTS) is 1. The molecule has 0 aromatic carbocycles. The van der Waals surface area contributed by atoms with Crippen molar-refractivity contribution in [1.82, 2.24) is 0 Å². The van der Waals surface area contributed by atoms with Gasteiger partial charge in [-0.3, -0.25) is 14.4 Å². The Balaban J connectivity index is 4.47. The summed E-state index contributed by atoms with van der Waals surface area (Å²) in [7, 11) is 0. The van der Waals surface area contributed by atoms with Crippen LogP contribution in [0.4, 0.5) is 0 Å². The van der Waals surface area contributed by atoms with Crippen LogP contribution in [0.1, 0.15) is 27.2 Å². The van der Waals surface area contributed by atoms with Gasteiger partial charge < -0.3 is 9.84 Å². The van der Waals surface area contributed by atoms with Gasteiger partial charge in [0.15, 0.2) is 0 Å². The van der Waals surface area contributed by atoms with Crippen molar-refractivity contribution in [3.8, 4) is 0 Å². The average Bonchev–Trinajstić information content (AvgIpc) is 2.13. The highest BCUT2D eigenvalue weighted by Crippen LogP contribution is 2.15. The first-order valence-electron chi connectivity index (χ1n) is 4.80. The molecular formula is C10H16O5. The fraction of sp³-hybridized carbons (Fsp3) is 0.700. The monoisotopic (exact) mass is 216 g/mol. The number of ether oxygens (including phenoxy) is 1. The van der Waals surface area contributed by atoms with Crippen molar-refractivity contribution in [2.24, 2.45) is 11.8 Å². The average molecular weight is 216 g/mol. The topological polar surface area (TPSA) is 80.7 Å². The molecule has 0 heterocycles. The molecule has 0 bridgehead atoms. The van der Waals surface area contributed by atoms with E-state index in [4.69, 9.17) is 9.84 Å². The summed E-state index contributed by atoms with van der Waals surface area (Å²) in [5.41, 5.74) is 0. The van der Waals surface area contributed by atoms with Gasteiger partial charge in [0.25, 0.3) is 0 Å². The number of carbonyl (C=O) groups excluding carboxylic acids is 2. The van der Waals surface area contributed by atoms with Crippen LogP contribution in [-0.2, 0) is 19.1 Å². The number of hydrogen-bond donors (Lipinski definition) is 1. The number of carboxylic acids is 1. The summed E-state index contributed by atoms with van der Waals surface area (Å²) in [5.74, 6) is -3.72. The van der Waals surface area contributed by atoms with Gasteiger partial charge in [0.1, 0.15) is 11.7 Å². The Labute approximate surface area is 88.4 Å². The van der Waals surface area contributed by atoms with Gasteiger partial charge in [-0.1, -0.05) is 6.92 Å². The molecule has 0 aromatic heterocycles. The van der Waals surface area contributed by atoms with E-state index in [9.17, 15) is 14.4 Å². The second-order valence-corrected chi connectivity index (χ2v) is 3.39. The van der Waals surface area contributed by atoms with E-state index in [1.807, 2.05) is 0 Å². The Morgan fingerprint density at radius 3 is 2.20 bits per heavy atom.